The third-order valence-electron chi connectivity index (χ3n) is 3.15. The number of carbonyl (C=O) groups is 1. The summed E-state index contributed by atoms with van der Waals surface area (Å²) in [6, 6.07) is 13.8. The van der Waals surface area contributed by atoms with Gasteiger partial charge in [0.25, 0.3) is 0 Å². The van der Waals surface area contributed by atoms with Crippen LogP contribution in [0.5, 0.6) is 0 Å². The fourth-order valence-electron chi connectivity index (χ4n) is 2.17. The van der Waals surface area contributed by atoms with E-state index in [2.05, 4.69) is 15.6 Å². The van der Waals surface area contributed by atoms with Crippen molar-refractivity contribution in [2.75, 3.05) is 12.4 Å². The average molecular weight is 269 g/mol. The molecule has 1 heterocycles. The molecule has 0 spiro atoms. The summed E-state index contributed by atoms with van der Waals surface area (Å²) in [7, 11) is 1.92. The lowest BCUT2D eigenvalue weighted by molar-refractivity contribution is -0.114. The highest BCUT2D eigenvalue weighted by atomic mass is 16.1. The first-order valence-electron chi connectivity index (χ1n) is 6.64. The lowest BCUT2D eigenvalue weighted by atomic mass is 10.0. The minimum Gasteiger partial charge on any atom is -0.326 e. The highest BCUT2D eigenvalue weighted by molar-refractivity contribution is 5.89. The van der Waals surface area contributed by atoms with Crippen LogP contribution in [0.15, 0.2) is 48.7 Å². The monoisotopic (exact) mass is 269 g/mol. The summed E-state index contributed by atoms with van der Waals surface area (Å²) in [5.74, 6) is -0.0590. The highest BCUT2D eigenvalue weighted by Gasteiger charge is 2.13. The zero-order valence-corrected chi connectivity index (χ0v) is 11.8. The fraction of sp³-hybridized carbons (Fsp3) is 0.250. The van der Waals surface area contributed by atoms with Gasteiger partial charge in [-0.3, -0.25) is 9.78 Å². The molecule has 20 heavy (non-hydrogen) atoms. The van der Waals surface area contributed by atoms with E-state index in [1.165, 1.54) is 6.92 Å². The van der Waals surface area contributed by atoms with Crippen molar-refractivity contribution in [3.63, 3.8) is 0 Å². The molecule has 1 unspecified atom stereocenters. The first kappa shape index (κ1) is 14.2. The second-order valence-electron chi connectivity index (χ2n) is 4.64. The fourth-order valence-corrected chi connectivity index (χ4v) is 2.17. The molecule has 4 heteroatoms. The minimum absolute atomic E-state index is 0.0590. The molecule has 0 fully saturated rings. The highest BCUT2D eigenvalue weighted by Crippen LogP contribution is 2.22. The van der Waals surface area contributed by atoms with Crippen molar-refractivity contribution in [3.8, 4) is 0 Å². The van der Waals surface area contributed by atoms with Crippen LogP contribution in [0.2, 0.25) is 0 Å². The van der Waals surface area contributed by atoms with E-state index in [-0.39, 0.29) is 11.9 Å². The van der Waals surface area contributed by atoms with Gasteiger partial charge in [-0.05, 0) is 37.2 Å². The molecule has 0 aliphatic heterocycles. The molecule has 0 radical (unpaired) electrons. The van der Waals surface area contributed by atoms with Crippen LogP contribution in [0.1, 0.15) is 24.2 Å². The number of aromatic nitrogens is 1. The van der Waals surface area contributed by atoms with Crippen molar-refractivity contribution >= 4 is 11.6 Å². The quantitative estimate of drug-likeness (QED) is 0.877. The topological polar surface area (TPSA) is 54.0 Å². The van der Waals surface area contributed by atoms with E-state index in [0.717, 1.165) is 23.4 Å². The summed E-state index contributed by atoms with van der Waals surface area (Å²) in [6.45, 7) is 1.52. The minimum atomic E-state index is -0.0590. The second kappa shape index (κ2) is 6.82. The van der Waals surface area contributed by atoms with Crippen LogP contribution in [-0.4, -0.2) is 17.9 Å². The molecule has 0 aliphatic carbocycles. The summed E-state index contributed by atoms with van der Waals surface area (Å²) in [5, 5.41) is 6.14. The van der Waals surface area contributed by atoms with Crippen molar-refractivity contribution in [2.24, 2.45) is 0 Å². The van der Waals surface area contributed by atoms with E-state index < -0.39 is 0 Å². The number of anilines is 1. The first-order valence-corrected chi connectivity index (χ1v) is 6.64. The van der Waals surface area contributed by atoms with Crippen LogP contribution >= 0.6 is 0 Å². The summed E-state index contributed by atoms with van der Waals surface area (Å²) in [5.41, 5.74) is 2.94. The Labute approximate surface area is 119 Å². The number of pyridine rings is 1. The predicted molar refractivity (Wildman–Crippen MR) is 80.5 cm³/mol. The Morgan fingerprint density at radius 3 is 2.60 bits per heavy atom. The predicted octanol–water partition coefficient (Wildman–Crippen LogP) is 2.54. The zero-order valence-electron chi connectivity index (χ0n) is 11.8. The van der Waals surface area contributed by atoms with Crippen LogP contribution in [-0.2, 0) is 11.2 Å². The van der Waals surface area contributed by atoms with Crippen molar-refractivity contribution in [2.45, 2.75) is 19.4 Å². The number of amides is 1. The molecule has 1 aromatic heterocycles. The van der Waals surface area contributed by atoms with Gasteiger partial charge < -0.3 is 10.6 Å². The third-order valence-corrected chi connectivity index (χ3v) is 3.15. The molecular weight excluding hydrogens is 250 g/mol. The molecule has 1 amide bonds. The zero-order chi connectivity index (χ0) is 14.4. The van der Waals surface area contributed by atoms with Gasteiger partial charge in [-0.1, -0.05) is 24.3 Å². The first-order chi connectivity index (χ1) is 9.70. The molecule has 1 atom stereocenters. The molecule has 2 rings (SSSR count). The lowest BCUT2D eigenvalue weighted by Gasteiger charge is -2.18. The van der Waals surface area contributed by atoms with Gasteiger partial charge in [-0.2, -0.15) is 0 Å². The van der Waals surface area contributed by atoms with Crippen LogP contribution in [0.4, 0.5) is 5.69 Å². The van der Waals surface area contributed by atoms with E-state index in [0.29, 0.717) is 0 Å². The van der Waals surface area contributed by atoms with Gasteiger partial charge in [0.05, 0.1) is 11.7 Å². The van der Waals surface area contributed by atoms with Crippen molar-refractivity contribution < 1.29 is 4.79 Å². The summed E-state index contributed by atoms with van der Waals surface area (Å²) < 4.78 is 0. The summed E-state index contributed by atoms with van der Waals surface area (Å²) >= 11 is 0. The van der Waals surface area contributed by atoms with Crippen LogP contribution in [0.25, 0.3) is 0 Å². The molecule has 104 valence electrons. The number of likely N-dealkylation sites (N-methyl/N-ethyl adjacent to an activating group) is 1. The maximum atomic E-state index is 11.3. The van der Waals surface area contributed by atoms with Crippen LogP contribution in [0.3, 0.4) is 0 Å². The number of nitrogens with zero attached hydrogens (tertiary/aromatic N) is 1. The molecular formula is C16H19N3O. The second-order valence-corrected chi connectivity index (χ2v) is 4.64. The van der Waals surface area contributed by atoms with Gasteiger partial charge in [0.2, 0.25) is 5.91 Å². The molecule has 2 N–H and O–H groups in total. The molecule has 0 aliphatic rings. The maximum absolute atomic E-state index is 11.3. The number of para-hydroxylation sites is 1. The van der Waals surface area contributed by atoms with Crippen molar-refractivity contribution in [3.05, 3.63) is 59.9 Å². The number of hydrogen-bond donors (Lipinski definition) is 2. The third kappa shape index (κ3) is 3.65. The Morgan fingerprint density at radius 1 is 1.20 bits per heavy atom. The molecule has 4 nitrogen and oxygen atoms in total. The summed E-state index contributed by atoms with van der Waals surface area (Å²) in [6.07, 6.45) is 2.56. The number of benzene rings is 1. The molecule has 0 bridgehead atoms. The number of hydrogen-bond acceptors (Lipinski definition) is 3. The number of rotatable bonds is 5. The van der Waals surface area contributed by atoms with Crippen LogP contribution < -0.4 is 10.6 Å². The number of nitrogens with one attached hydrogen (secondary N) is 2. The van der Waals surface area contributed by atoms with Crippen molar-refractivity contribution in [1.82, 2.24) is 10.3 Å². The molecule has 2 aromatic rings. The van der Waals surface area contributed by atoms with Gasteiger partial charge in [0.1, 0.15) is 0 Å². The maximum Gasteiger partial charge on any atom is 0.221 e. The Bertz CT molecular complexity index is 569. The Hall–Kier alpha value is -2.20. The standard InChI is InChI=1S/C16H19N3O/c1-12(20)19-14-8-4-3-7-13(14)11-16(17-2)15-9-5-6-10-18-15/h3-10,16-17H,11H2,1-2H3,(H,19,20). The Morgan fingerprint density at radius 2 is 1.95 bits per heavy atom. The lowest BCUT2D eigenvalue weighted by Crippen LogP contribution is -2.20. The Kier molecular flexibility index (Phi) is 4.85. The van der Waals surface area contributed by atoms with Crippen LogP contribution in [0, 0.1) is 0 Å². The van der Waals surface area contributed by atoms with E-state index >= 15 is 0 Å². The smallest absolute Gasteiger partial charge is 0.221 e. The van der Waals surface area contributed by atoms with E-state index in [1.54, 1.807) is 6.20 Å². The molecule has 0 saturated carbocycles. The summed E-state index contributed by atoms with van der Waals surface area (Å²) in [4.78, 5) is 15.6. The van der Waals surface area contributed by atoms with Gasteiger partial charge in [-0.25, -0.2) is 0 Å². The van der Waals surface area contributed by atoms with Gasteiger partial charge in [0.15, 0.2) is 0 Å². The molecule has 1 aromatic carbocycles. The SMILES string of the molecule is CNC(Cc1ccccc1NC(C)=O)c1ccccn1. The normalized spacial score (nSPS) is 11.9. The Balaban J connectivity index is 2.22. The van der Waals surface area contributed by atoms with E-state index in [9.17, 15) is 4.79 Å². The molecule has 0 saturated heterocycles. The van der Waals surface area contributed by atoms with Gasteiger partial charge >= 0.3 is 0 Å². The van der Waals surface area contributed by atoms with E-state index in [4.69, 9.17) is 0 Å². The average Bonchev–Trinajstić information content (AvgIpc) is 2.46. The van der Waals surface area contributed by atoms with Gasteiger partial charge in [0, 0.05) is 18.8 Å². The number of carbonyl (C=O) groups excluding carboxylic acids is 1. The largest absolute Gasteiger partial charge is 0.326 e. The van der Waals surface area contributed by atoms with Crippen molar-refractivity contribution in [1.29, 1.82) is 0 Å². The van der Waals surface area contributed by atoms with E-state index in [1.807, 2.05) is 49.5 Å². The van der Waals surface area contributed by atoms with Gasteiger partial charge in [-0.15, -0.1) is 0 Å².